The molecular weight excluding hydrogens is 238 g/mol. The molecule has 0 saturated carbocycles. The molecule has 2 aromatic rings. The highest BCUT2D eigenvalue weighted by atomic mass is 15.1. The van der Waals surface area contributed by atoms with Crippen LogP contribution in [0.25, 0.3) is 5.65 Å². The van der Waals surface area contributed by atoms with Crippen LogP contribution in [0.2, 0.25) is 0 Å². The van der Waals surface area contributed by atoms with Crippen molar-refractivity contribution in [3.8, 4) is 0 Å². The Kier molecular flexibility index (Phi) is 4.60. The van der Waals surface area contributed by atoms with Crippen LogP contribution in [0.15, 0.2) is 18.6 Å². The van der Waals surface area contributed by atoms with Gasteiger partial charge in [-0.25, -0.2) is 9.97 Å². The summed E-state index contributed by atoms with van der Waals surface area (Å²) in [7, 11) is 0. The van der Waals surface area contributed by atoms with Gasteiger partial charge in [-0.2, -0.15) is 0 Å². The number of nitrogens with one attached hydrogen (secondary N) is 2. The number of anilines is 2. The van der Waals surface area contributed by atoms with E-state index in [-0.39, 0.29) is 0 Å². The second kappa shape index (κ2) is 6.41. The Bertz CT molecular complexity index is 520. The highest BCUT2D eigenvalue weighted by Gasteiger charge is 2.09. The van der Waals surface area contributed by atoms with Crippen LogP contribution in [0.5, 0.6) is 0 Å². The molecule has 0 spiro atoms. The van der Waals surface area contributed by atoms with Gasteiger partial charge < -0.3 is 15.0 Å². The van der Waals surface area contributed by atoms with Crippen molar-refractivity contribution in [2.75, 3.05) is 17.2 Å². The largest absolute Gasteiger partial charge is 0.369 e. The van der Waals surface area contributed by atoms with E-state index in [0.29, 0.717) is 6.04 Å². The Hall–Kier alpha value is -1.78. The fourth-order valence-corrected chi connectivity index (χ4v) is 2.11. The molecule has 5 nitrogen and oxygen atoms in total. The Balaban J connectivity index is 2.25. The van der Waals surface area contributed by atoms with Gasteiger partial charge in [-0.3, -0.25) is 0 Å². The SMILES string of the molecule is CCCNc1cn2ccnc2c(NC(C)CCC)n1. The van der Waals surface area contributed by atoms with Gasteiger partial charge in [0.05, 0.1) is 6.20 Å². The molecular formula is C14H23N5. The van der Waals surface area contributed by atoms with Crippen molar-refractivity contribution < 1.29 is 0 Å². The van der Waals surface area contributed by atoms with E-state index in [4.69, 9.17) is 0 Å². The van der Waals surface area contributed by atoms with E-state index in [0.717, 1.165) is 43.1 Å². The van der Waals surface area contributed by atoms with Gasteiger partial charge in [0.2, 0.25) is 0 Å². The van der Waals surface area contributed by atoms with Crippen LogP contribution >= 0.6 is 0 Å². The molecule has 1 atom stereocenters. The molecule has 2 heterocycles. The summed E-state index contributed by atoms with van der Waals surface area (Å²) in [5.74, 6) is 1.74. The fraction of sp³-hybridized carbons (Fsp3) is 0.571. The summed E-state index contributed by atoms with van der Waals surface area (Å²) in [6.45, 7) is 7.44. The predicted molar refractivity (Wildman–Crippen MR) is 79.8 cm³/mol. The molecule has 0 aliphatic heterocycles. The minimum Gasteiger partial charge on any atom is -0.369 e. The Morgan fingerprint density at radius 1 is 1.32 bits per heavy atom. The number of hydrogen-bond donors (Lipinski definition) is 2. The van der Waals surface area contributed by atoms with Crippen LogP contribution in [-0.4, -0.2) is 27.0 Å². The van der Waals surface area contributed by atoms with Gasteiger partial charge >= 0.3 is 0 Å². The maximum atomic E-state index is 4.63. The third kappa shape index (κ3) is 3.36. The number of aromatic nitrogens is 3. The quantitative estimate of drug-likeness (QED) is 0.804. The van der Waals surface area contributed by atoms with Crippen molar-refractivity contribution in [3.05, 3.63) is 18.6 Å². The van der Waals surface area contributed by atoms with Crippen molar-refractivity contribution in [3.63, 3.8) is 0 Å². The van der Waals surface area contributed by atoms with Gasteiger partial charge in [-0.15, -0.1) is 0 Å². The maximum absolute atomic E-state index is 4.63. The van der Waals surface area contributed by atoms with Gasteiger partial charge in [0.15, 0.2) is 11.5 Å². The minimum atomic E-state index is 0.402. The van der Waals surface area contributed by atoms with Crippen molar-refractivity contribution in [1.82, 2.24) is 14.4 Å². The summed E-state index contributed by atoms with van der Waals surface area (Å²) in [4.78, 5) is 8.99. The molecule has 0 aliphatic carbocycles. The standard InChI is InChI=1S/C14H23N5/c1-4-6-11(3)17-13-14-16-8-9-19(14)10-12(18-13)15-7-5-2/h8-11,15H,4-7H2,1-3H3,(H,17,18). The summed E-state index contributed by atoms with van der Waals surface area (Å²) < 4.78 is 2.01. The Labute approximate surface area is 114 Å². The topological polar surface area (TPSA) is 54.2 Å². The molecule has 0 bridgehead atoms. The van der Waals surface area contributed by atoms with Crippen LogP contribution in [0.4, 0.5) is 11.6 Å². The molecule has 5 heteroatoms. The van der Waals surface area contributed by atoms with Crippen LogP contribution in [0.3, 0.4) is 0 Å². The highest BCUT2D eigenvalue weighted by Crippen LogP contribution is 2.18. The van der Waals surface area contributed by atoms with Crippen molar-refractivity contribution in [1.29, 1.82) is 0 Å². The Morgan fingerprint density at radius 2 is 2.16 bits per heavy atom. The Morgan fingerprint density at radius 3 is 2.89 bits per heavy atom. The number of hydrogen-bond acceptors (Lipinski definition) is 4. The lowest BCUT2D eigenvalue weighted by Crippen LogP contribution is -2.17. The van der Waals surface area contributed by atoms with Gasteiger partial charge in [0, 0.05) is 25.0 Å². The maximum Gasteiger partial charge on any atom is 0.180 e. The smallest absolute Gasteiger partial charge is 0.180 e. The van der Waals surface area contributed by atoms with Crippen LogP contribution < -0.4 is 10.6 Å². The van der Waals surface area contributed by atoms with Crippen LogP contribution in [-0.2, 0) is 0 Å². The lowest BCUT2D eigenvalue weighted by molar-refractivity contribution is 0.687. The molecule has 0 fully saturated rings. The van der Waals surface area contributed by atoms with E-state index in [9.17, 15) is 0 Å². The van der Waals surface area contributed by atoms with Crippen LogP contribution in [0, 0.1) is 0 Å². The van der Waals surface area contributed by atoms with E-state index in [1.54, 1.807) is 6.20 Å². The third-order valence-electron chi connectivity index (χ3n) is 3.04. The average molecular weight is 261 g/mol. The molecule has 19 heavy (non-hydrogen) atoms. The van der Waals surface area contributed by atoms with Gasteiger partial charge in [0.25, 0.3) is 0 Å². The summed E-state index contributed by atoms with van der Waals surface area (Å²) in [5.41, 5.74) is 0.880. The number of rotatable bonds is 7. The molecule has 104 valence electrons. The van der Waals surface area contributed by atoms with E-state index in [1.807, 2.05) is 16.8 Å². The van der Waals surface area contributed by atoms with E-state index in [1.165, 1.54) is 0 Å². The van der Waals surface area contributed by atoms with Gasteiger partial charge in [-0.05, 0) is 19.8 Å². The molecule has 0 aliphatic rings. The third-order valence-corrected chi connectivity index (χ3v) is 3.04. The molecule has 0 saturated heterocycles. The zero-order valence-corrected chi connectivity index (χ0v) is 12.0. The highest BCUT2D eigenvalue weighted by molar-refractivity contribution is 5.65. The number of imidazole rings is 1. The molecule has 0 aromatic carbocycles. The summed E-state index contributed by atoms with van der Waals surface area (Å²) in [6, 6.07) is 0.402. The zero-order chi connectivity index (χ0) is 13.7. The first-order chi connectivity index (χ1) is 9.24. The van der Waals surface area contributed by atoms with E-state index < -0.39 is 0 Å². The fourth-order valence-electron chi connectivity index (χ4n) is 2.11. The number of fused-ring (bicyclic) bond motifs is 1. The molecule has 2 N–H and O–H groups in total. The normalized spacial score (nSPS) is 12.6. The lowest BCUT2D eigenvalue weighted by Gasteiger charge is -2.15. The first-order valence-corrected chi connectivity index (χ1v) is 7.08. The van der Waals surface area contributed by atoms with Crippen molar-refractivity contribution in [2.45, 2.75) is 46.1 Å². The lowest BCUT2D eigenvalue weighted by atomic mass is 10.2. The summed E-state index contributed by atoms with van der Waals surface area (Å²) in [6.07, 6.45) is 9.10. The van der Waals surface area contributed by atoms with Gasteiger partial charge in [0.1, 0.15) is 5.82 Å². The molecule has 1 unspecified atom stereocenters. The number of nitrogens with zero attached hydrogens (tertiary/aromatic N) is 3. The molecule has 0 amide bonds. The second-order valence-electron chi connectivity index (χ2n) is 4.89. The molecule has 0 radical (unpaired) electrons. The minimum absolute atomic E-state index is 0.402. The van der Waals surface area contributed by atoms with Gasteiger partial charge in [-0.1, -0.05) is 20.3 Å². The van der Waals surface area contributed by atoms with E-state index >= 15 is 0 Å². The predicted octanol–water partition coefficient (Wildman–Crippen LogP) is 3.15. The molecule has 2 rings (SSSR count). The van der Waals surface area contributed by atoms with Crippen molar-refractivity contribution >= 4 is 17.3 Å². The van der Waals surface area contributed by atoms with Crippen LogP contribution in [0.1, 0.15) is 40.0 Å². The second-order valence-corrected chi connectivity index (χ2v) is 4.89. The first-order valence-electron chi connectivity index (χ1n) is 7.08. The average Bonchev–Trinajstić information content (AvgIpc) is 2.85. The zero-order valence-electron chi connectivity index (χ0n) is 12.0. The van der Waals surface area contributed by atoms with Crippen molar-refractivity contribution in [2.24, 2.45) is 0 Å². The monoisotopic (exact) mass is 261 g/mol. The summed E-state index contributed by atoms with van der Waals surface area (Å²) >= 11 is 0. The summed E-state index contributed by atoms with van der Waals surface area (Å²) in [5, 5.41) is 6.78. The van der Waals surface area contributed by atoms with E-state index in [2.05, 4.69) is 41.4 Å². The first kappa shape index (κ1) is 13.6. The molecule has 2 aromatic heterocycles.